The number of aliphatic hydroxyl groups is 1. The van der Waals surface area contributed by atoms with Crippen molar-refractivity contribution in [1.82, 2.24) is 24.6 Å². The number of aromatic amines is 1. The molecule has 32 heavy (non-hydrogen) atoms. The lowest BCUT2D eigenvalue weighted by Gasteiger charge is -2.36. The predicted molar refractivity (Wildman–Crippen MR) is 121 cm³/mol. The van der Waals surface area contributed by atoms with Gasteiger partial charge in [0.05, 0.1) is 35.2 Å². The Morgan fingerprint density at radius 1 is 1.00 bits per heavy atom. The molecule has 2 aromatic carbocycles. The molecule has 1 saturated carbocycles. The lowest BCUT2D eigenvalue weighted by atomic mass is 9.77. The van der Waals surface area contributed by atoms with E-state index in [1.807, 2.05) is 71.9 Å². The van der Waals surface area contributed by atoms with Crippen LogP contribution in [-0.2, 0) is 0 Å². The number of carbonyl (C=O) groups excluding carboxylic acids is 1. The Kier molecular flexibility index (Phi) is 4.57. The molecule has 7 nitrogen and oxygen atoms in total. The highest BCUT2D eigenvalue weighted by molar-refractivity contribution is 5.93. The molecule has 6 rings (SSSR count). The lowest BCUT2D eigenvalue weighted by Crippen LogP contribution is -2.36. The van der Waals surface area contributed by atoms with E-state index in [0.29, 0.717) is 37.0 Å². The number of hydrogen-bond donors (Lipinski definition) is 2. The van der Waals surface area contributed by atoms with Crippen LogP contribution in [0, 0.1) is 11.8 Å². The SMILES string of the molecule is O=C(c1cc(-c2ccccc2)n[nH]1)N1C[C@H]2C[C@@H](n3cnc4ccccc43)[C@H](O)C[C@H]2C1. The summed E-state index contributed by atoms with van der Waals surface area (Å²) >= 11 is 0. The Morgan fingerprint density at radius 2 is 1.75 bits per heavy atom. The number of carbonyl (C=O) groups is 1. The number of amides is 1. The summed E-state index contributed by atoms with van der Waals surface area (Å²) in [5, 5.41) is 18.2. The van der Waals surface area contributed by atoms with Crippen LogP contribution in [0.25, 0.3) is 22.3 Å². The number of imidazole rings is 1. The molecule has 2 fully saturated rings. The van der Waals surface area contributed by atoms with Crippen LogP contribution in [0.1, 0.15) is 29.4 Å². The Labute approximate surface area is 185 Å². The molecule has 1 aliphatic heterocycles. The number of H-pyrrole nitrogens is 1. The number of nitrogens with one attached hydrogen (secondary N) is 1. The van der Waals surface area contributed by atoms with Gasteiger partial charge in [-0.1, -0.05) is 42.5 Å². The first-order valence-electron chi connectivity index (χ1n) is 11.2. The minimum absolute atomic E-state index is 0.0180. The maximum absolute atomic E-state index is 13.2. The van der Waals surface area contributed by atoms with Crippen molar-refractivity contribution in [1.29, 1.82) is 0 Å². The van der Waals surface area contributed by atoms with Gasteiger partial charge in [-0.15, -0.1) is 0 Å². The summed E-state index contributed by atoms with van der Waals surface area (Å²) in [6, 6.07) is 19.7. The van der Waals surface area contributed by atoms with Crippen molar-refractivity contribution in [2.75, 3.05) is 13.1 Å². The van der Waals surface area contributed by atoms with E-state index in [0.717, 1.165) is 28.7 Å². The van der Waals surface area contributed by atoms with Crippen LogP contribution >= 0.6 is 0 Å². The van der Waals surface area contributed by atoms with E-state index in [1.54, 1.807) is 0 Å². The zero-order valence-electron chi connectivity index (χ0n) is 17.6. The molecule has 4 aromatic rings. The summed E-state index contributed by atoms with van der Waals surface area (Å²) in [5.41, 5.74) is 4.26. The molecule has 3 heterocycles. The van der Waals surface area contributed by atoms with Crippen LogP contribution in [0.3, 0.4) is 0 Å². The van der Waals surface area contributed by atoms with Crippen molar-refractivity contribution in [3.05, 3.63) is 72.7 Å². The highest BCUT2D eigenvalue weighted by Crippen LogP contribution is 2.42. The molecular formula is C25H25N5O2. The number of hydrogen-bond acceptors (Lipinski definition) is 4. The second kappa shape index (κ2) is 7.60. The van der Waals surface area contributed by atoms with Crippen molar-refractivity contribution < 1.29 is 9.90 Å². The summed E-state index contributed by atoms with van der Waals surface area (Å²) in [6.07, 6.45) is 2.94. The molecule has 1 amide bonds. The molecule has 1 aliphatic carbocycles. The zero-order chi connectivity index (χ0) is 21.7. The number of aliphatic hydroxyl groups excluding tert-OH is 1. The van der Waals surface area contributed by atoms with Crippen LogP contribution in [0.5, 0.6) is 0 Å². The molecular weight excluding hydrogens is 402 g/mol. The Hall–Kier alpha value is -3.45. The van der Waals surface area contributed by atoms with Crippen LogP contribution in [0.15, 0.2) is 67.0 Å². The van der Waals surface area contributed by atoms with Crippen molar-refractivity contribution in [3.63, 3.8) is 0 Å². The van der Waals surface area contributed by atoms with Gasteiger partial charge in [0.25, 0.3) is 5.91 Å². The number of nitrogens with zero attached hydrogens (tertiary/aromatic N) is 4. The van der Waals surface area contributed by atoms with Gasteiger partial charge >= 0.3 is 0 Å². The maximum atomic E-state index is 13.2. The van der Waals surface area contributed by atoms with E-state index in [9.17, 15) is 9.90 Å². The minimum atomic E-state index is -0.444. The van der Waals surface area contributed by atoms with Gasteiger partial charge in [0.15, 0.2) is 0 Å². The molecule has 4 atom stereocenters. The largest absolute Gasteiger partial charge is 0.391 e. The van der Waals surface area contributed by atoms with Crippen LogP contribution < -0.4 is 0 Å². The van der Waals surface area contributed by atoms with Crippen LogP contribution in [-0.4, -0.2) is 54.9 Å². The van der Waals surface area contributed by atoms with Gasteiger partial charge in [-0.05, 0) is 42.9 Å². The Morgan fingerprint density at radius 3 is 2.59 bits per heavy atom. The molecule has 1 saturated heterocycles. The summed E-state index contributed by atoms with van der Waals surface area (Å²) in [5.74, 6) is 0.662. The van der Waals surface area contributed by atoms with Gasteiger partial charge < -0.3 is 14.6 Å². The normalized spacial score (nSPS) is 25.2. The number of fused-ring (bicyclic) bond motifs is 2. The zero-order valence-corrected chi connectivity index (χ0v) is 17.6. The van der Waals surface area contributed by atoms with Crippen molar-refractivity contribution in [2.24, 2.45) is 11.8 Å². The van der Waals surface area contributed by atoms with Gasteiger partial charge in [0.1, 0.15) is 5.69 Å². The highest BCUT2D eigenvalue weighted by Gasteiger charge is 2.44. The average molecular weight is 428 g/mol. The van der Waals surface area contributed by atoms with Crippen LogP contribution in [0.4, 0.5) is 0 Å². The number of likely N-dealkylation sites (tertiary alicyclic amines) is 1. The number of rotatable bonds is 3. The number of para-hydroxylation sites is 2. The van der Waals surface area contributed by atoms with Gasteiger partial charge in [0.2, 0.25) is 0 Å². The fourth-order valence-electron chi connectivity index (χ4n) is 5.47. The Bertz CT molecular complexity index is 1260. The molecule has 2 aromatic heterocycles. The van der Waals surface area contributed by atoms with Crippen molar-refractivity contribution >= 4 is 16.9 Å². The summed E-state index contributed by atoms with van der Waals surface area (Å²) in [7, 11) is 0. The third kappa shape index (κ3) is 3.20. The molecule has 0 unspecified atom stereocenters. The fraction of sp³-hybridized carbons (Fsp3) is 0.320. The van der Waals surface area contributed by atoms with Crippen LogP contribution in [0.2, 0.25) is 0 Å². The Balaban J connectivity index is 1.19. The summed E-state index contributed by atoms with van der Waals surface area (Å²) in [6.45, 7) is 1.39. The first-order valence-corrected chi connectivity index (χ1v) is 11.2. The maximum Gasteiger partial charge on any atom is 0.271 e. The van der Waals surface area contributed by atoms with E-state index < -0.39 is 6.10 Å². The quantitative estimate of drug-likeness (QED) is 0.524. The fourth-order valence-corrected chi connectivity index (χ4v) is 5.47. The molecule has 0 radical (unpaired) electrons. The molecule has 0 spiro atoms. The van der Waals surface area contributed by atoms with Gasteiger partial charge in [0, 0.05) is 18.7 Å². The lowest BCUT2D eigenvalue weighted by molar-refractivity contribution is 0.0374. The molecule has 162 valence electrons. The van der Waals surface area contributed by atoms with Gasteiger partial charge in [-0.25, -0.2) is 4.98 Å². The predicted octanol–water partition coefficient (Wildman–Crippen LogP) is 3.51. The van der Waals surface area contributed by atoms with Gasteiger partial charge in [-0.2, -0.15) is 5.10 Å². The topological polar surface area (TPSA) is 87.0 Å². The second-order valence-corrected chi connectivity index (χ2v) is 9.01. The third-order valence-electron chi connectivity index (χ3n) is 7.11. The smallest absolute Gasteiger partial charge is 0.271 e. The van der Waals surface area contributed by atoms with E-state index in [2.05, 4.69) is 19.7 Å². The third-order valence-corrected chi connectivity index (χ3v) is 7.11. The standard InChI is InChI=1S/C25H25N5O2/c31-24-11-18-14-29(25(32)21-12-20(27-28-21)16-6-2-1-3-7-16)13-17(18)10-23(24)30-15-26-19-8-4-5-9-22(19)30/h1-9,12,15,17-18,23-24,31H,10-11,13-14H2,(H,27,28)/t17-,18+,23-,24-/m1/s1. The molecule has 2 aliphatic rings. The van der Waals surface area contributed by atoms with Gasteiger partial charge in [-0.3, -0.25) is 9.89 Å². The number of aromatic nitrogens is 4. The first-order chi connectivity index (χ1) is 15.7. The molecule has 2 N–H and O–H groups in total. The summed E-state index contributed by atoms with van der Waals surface area (Å²) in [4.78, 5) is 19.6. The van der Waals surface area contributed by atoms with E-state index >= 15 is 0 Å². The molecule has 7 heteroatoms. The monoisotopic (exact) mass is 427 g/mol. The summed E-state index contributed by atoms with van der Waals surface area (Å²) < 4.78 is 2.11. The minimum Gasteiger partial charge on any atom is -0.391 e. The van der Waals surface area contributed by atoms with E-state index in [4.69, 9.17) is 0 Å². The molecule has 0 bridgehead atoms. The second-order valence-electron chi connectivity index (χ2n) is 9.01. The number of benzene rings is 2. The first kappa shape index (κ1) is 19.3. The van der Waals surface area contributed by atoms with E-state index in [-0.39, 0.29) is 11.9 Å². The van der Waals surface area contributed by atoms with Crippen molar-refractivity contribution in [2.45, 2.75) is 25.0 Å². The van der Waals surface area contributed by atoms with Crippen molar-refractivity contribution in [3.8, 4) is 11.3 Å². The van der Waals surface area contributed by atoms with E-state index in [1.165, 1.54) is 0 Å². The average Bonchev–Trinajstić information content (AvgIpc) is 3.56. The highest BCUT2D eigenvalue weighted by atomic mass is 16.3.